The van der Waals surface area contributed by atoms with Crippen LogP contribution in [0.4, 0.5) is 4.39 Å². The average molecular weight is 382 g/mol. The van der Waals surface area contributed by atoms with E-state index in [1.165, 1.54) is 0 Å². The smallest absolute Gasteiger partial charge is 0.124 e. The molecular weight excluding hydrogens is 359 g/mol. The molecule has 0 bridgehead atoms. The Kier molecular flexibility index (Phi) is 8.56. The summed E-state index contributed by atoms with van der Waals surface area (Å²) < 4.78 is 19.7. The number of benzene rings is 1. The fourth-order valence-electron chi connectivity index (χ4n) is 2.70. The van der Waals surface area contributed by atoms with Crippen molar-refractivity contribution in [1.82, 2.24) is 10.2 Å². The molecular formula is C15H23BrClFN2O. The van der Waals surface area contributed by atoms with E-state index in [1.807, 2.05) is 19.1 Å². The zero-order chi connectivity index (χ0) is 14.4. The normalized spacial score (nSPS) is 17.1. The van der Waals surface area contributed by atoms with Gasteiger partial charge in [-0.15, -0.1) is 12.4 Å². The molecule has 1 aliphatic rings. The Morgan fingerprint density at radius 1 is 1.38 bits per heavy atom. The summed E-state index contributed by atoms with van der Waals surface area (Å²) >= 11 is 3.51. The van der Waals surface area contributed by atoms with E-state index in [0.29, 0.717) is 13.0 Å². The lowest BCUT2D eigenvalue weighted by Crippen LogP contribution is -2.45. The Labute approximate surface area is 140 Å². The lowest BCUT2D eigenvalue weighted by atomic mass is 10.0. The third kappa shape index (κ3) is 5.09. The first-order valence-corrected chi connectivity index (χ1v) is 7.98. The largest absolute Gasteiger partial charge is 0.494 e. The standard InChI is InChI=1S/C15H22BrFN2O.ClH/c1-2-20-15-4-3-12(16)11-13(15)14(5-6-17)19-9-7-18-8-10-19;/h3-4,11,14,18H,2,5-10H2,1H3;1H/t14-;/m1./s1. The predicted octanol–water partition coefficient (Wildman–Crippen LogP) is 3.58. The number of ether oxygens (including phenoxy) is 1. The van der Waals surface area contributed by atoms with Gasteiger partial charge in [0.25, 0.3) is 0 Å². The number of piperazine rings is 1. The molecule has 1 heterocycles. The summed E-state index contributed by atoms with van der Waals surface area (Å²) in [6.45, 7) is 6.10. The van der Waals surface area contributed by atoms with Crippen molar-refractivity contribution in [3.8, 4) is 5.75 Å². The molecule has 21 heavy (non-hydrogen) atoms. The molecule has 0 aliphatic carbocycles. The van der Waals surface area contributed by atoms with Crippen LogP contribution in [0.15, 0.2) is 22.7 Å². The Bertz CT molecular complexity index is 430. The molecule has 0 amide bonds. The number of hydrogen-bond acceptors (Lipinski definition) is 3. The van der Waals surface area contributed by atoms with Crippen LogP contribution in [0.1, 0.15) is 24.9 Å². The Morgan fingerprint density at radius 3 is 2.71 bits per heavy atom. The SMILES string of the molecule is CCOc1ccc(Br)cc1[C@@H](CCF)N1CCNCC1.Cl. The summed E-state index contributed by atoms with van der Waals surface area (Å²) in [7, 11) is 0. The van der Waals surface area contributed by atoms with Crippen LogP contribution in [-0.2, 0) is 0 Å². The van der Waals surface area contributed by atoms with Crippen LogP contribution in [0.3, 0.4) is 0 Å². The van der Waals surface area contributed by atoms with Crippen LogP contribution in [0.5, 0.6) is 5.75 Å². The van der Waals surface area contributed by atoms with Crippen molar-refractivity contribution in [2.45, 2.75) is 19.4 Å². The van der Waals surface area contributed by atoms with Gasteiger partial charge < -0.3 is 10.1 Å². The zero-order valence-electron chi connectivity index (χ0n) is 12.3. The molecule has 6 heteroatoms. The summed E-state index contributed by atoms with van der Waals surface area (Å²) in [5, 5.41) is 3.34. The monoisotopic (exact) mass is 380 g/mol. The second-order valence-corrected chi connectivity index (χ2v) is 5.81. The van der Waals surface area contributed by atoms with Gasteiger partial charge in [0.2, 0.25) is 0 Å². The van der Waals surface area contributed by atoms with Gasteiger partial charge in [-0.25, -0.2) is 0 Å². The van der Waals surface area contributed by atoms with Gasteiger partial charge in [-0.1, -0.05) is 15.9 Å². The molecule has 2 rings (SSSR count). The van der Waals surface area contributed by atoms with Crippen molar-refractivity contribution in [3.63, 3.8) is 0 Å². The van der Waals surface area contributed by atoms with Gasteiger partial charge in [0.15, 0.2) is 0 Å². The molecule has 1 aliphatic heterocycles. The fraction of sp³-hybridized carbons (Fsp3) is 0.600. The molecule has 0 unspecified atom stereocenters. The number of nitrogens with one attached hydrogen (secondary N) is 1. The van der Waals surface area contributed by atoms with Gasteiger partial charge in [0.05, 0.1) is 13.3 Å². The van der Waals surface area contributed by atoms with E-state index in [1.54, 1.807) is 0 Å². The van der Waals surface area contributed by atoms with Crippen LogP contribution in [-0.4, -0.2) is 44.4 Å². The van der Waals surface area contributed by atoms with E-state index in [0.717, 1.165) is 42.0 Å². The second-order valence-electron chi connectivity index (χ2n) is 4.89. The highest BCUT2D eigenvalue weighted by atomic mass is 79.9. The first-order chi connectivity index (χ1) is 9.76. The van der Waals surface area contributed by atoms with Crippen LogP contribution in [0.25, 0.3) is 0 Å². The summed E-state index contributed by atoms with van der Waals surface area (Å²) in [4.78, 5) is 2.35. The van der Waals surface area contributed by atoms with E-state index >= 15 is 0 Å². The molecule has 1 aromatic carbocycles. The van der Waals surface area contributed by atoms with E-state index < -0.39 is 0 Å². The first-order valence-electron chi connectivity index (χ1n) is 7.19. The van der Waals surface area contributed by atoms with Crippen LogP contribution in [0.2, 0.25) is 0 Å². The maximum absolute atomic E-state index is 13.0. The van der Waals surface area contributed by atoms with Crippen molar-refractivity contribution < 1.29 is 9.13 Å². The quantitative estimate of drug-likeness (QED) is 0.815. The predicted molar refractivity (Wildman–Crippen MR) is 90.3 cm³/mol. The number of nitrogens with zero attached hydrogens (tertiary/aromatic N) is 1. The molecule has 120 valence electrons. The number of rotatable bonds is 6. The molecule has 1 saturated heterocycles. The van der Waals surface area contributed by atoms with E-state index in [4.69, 9.17) is 4.74 Å². The Hall–Kier alpha value is -0.360. The van der Waals surface area contributed by atoms with Crippen LogP contribution >= 0.6 is 28.3 Å². The second kappa shape index (κ2) is 9.62. The molecule has 0 aromatic heterocycles. The van der Waals surface area contributed by atoms with E-state index in [2.05, 4.69) is 32.2 Å². The summed E-state index contributed by atoms with van der Waals surface area (Å²) in [6.07, 6.45) is 0.510. The van der Waals surface area contributed by atoms with Crippen molar-refractivity contribution in [2.75, 3.05) is 39.5 Å². The minimum absolute atomic E-state index is 0. The van der Waals surface area contributed by atoms with E-state index in [9.17, 15) is 4.39 Å². The maximum Gasteiger partial charge on any atom is 0.124 e. The van der Waals surface area contributed by atoms with Gasteiger partial charge in [-0.3, -0.25) is 9.29 Å². The molecule has 1 N–H and O–H groups in total. The first kappa shape index (κ1) is 18.7. The highest BCUT2D eigenvalue weighted by molar-refractivity contribution is 9.10. The number of hydrogen-bond donors (Lipinski definition) is 1. The summed E-state index contributed by atoms with van der Waals surface area (Å²) in [5.74, 6) is 0.868. The van der Waals surface area contributed by atoms with Gasteiger partial charge in [-0.05, 0) is 31.5 Å². The summed E-state index contributed by atoms with van der Waals surface area (Å²) in [5.41, 5.74) is 1.08. The molecule has 1 aromatic rings. The molecule has 3 nitrogen and oxygen atoms in total. The number of halogens is 3. The minimum atomic E-state index is -0.313. The van der Waals surface area contributed by atoms with E-state index in [-0.39, 0.29) is 25.1 Å². The third-order valence-corrected chi connectivity index (χ3v) is 4.10. The van der Waals surface area contributed by atoms with Crippen molar-refractivity contribution >= 4 is 28.3 Å². The molecule has 1 atom stereocenters. The van der Waals surface area contributed by atoms with Crippen LogP contribution < -0.4 is 10.1 Å². The molecule has 0 radical (unpaired) electrons. The lowest BCUT2D eigenvalue weighted by molar-refractivity contribution is 0.154. The highest BCUT2D eigenvalue weighted by Gasteiger charge is 2.24. The topological polar surface area (TPSA) is 24.5 Å². The van der Waals surface area contributed by atoms with Crippen molar-refractivity contribution in [2.24, 2.45) is 0 Å². The zero-order valence-corrected chi connectivity index (χ0v) is 14.7. The van der Waals surface area contributed by atoms with Gasteiger partial charge in [0.1, 0.15) is 5.75 Å². The Balaban J connectivity index is 0.00000220. The maximum atomic E-state index is 13.0. The highest BCUT2D eigenvalue weighted by Crippen LogP contribution is 2.34. The number of alkyl halides is 1. The minimum Gasteiger partial charge on any atom is -0.494 e. The van der Waals surface area contributed by atoms with Gasteiger partial charge in [-0.2, -0.15) is 0 Å². The molecule has 0 spiro atoms. The van der Waals surface area contributed by atoms with Crippen molar-refractivity contribution in [1.29, 1.82) is 0 Å². The van der Waals surface area contributed by atoms with Gasteiger partial charge >= 0.3 is 0 Å². The third-order valence-electron chi connectivity index (χ3n) is 3.61. The summed E-state index contributed by atoms with van der Waals surface area (Å²) in [6, 6.07) is 6.09. The average Bonchev–Trinajstić information content (AvgIpc) is 2.48. The lowest BCUT2D eigenvalue weighted by Gasteiger charge is -2.35. The van der Waals surface area contributed by atoms with Gasteiger partial charge in [0, 0.05) is 42.3 Å². The van der Waals surface area contributed by atoms with Crippen molar-refractivity contribution in [3.05, 3.63) is 28.2 Å². The molecule has 1 fully saturated rings. The van der Waals surface area contributed by atoms with Crippen LogP contribution in [0, 0.1) is 0 Å². The molecule has 0 saturated carbocycles. The fourth-order valence-corrected chi connectivity index (χ4v) is 3.08. The Morgan fingerprint density at radius 2 is 2.10 bits per heavy atom.